The number of nitrogens with zero attached hydrogens (tertiary/aromatic N) is 2. The maximum atomic E-state index is 14.4. The number of amides is 5. The highest BCUT2D eigenvalue weighted by molar-refractivity contribution is 7.89. The lowest BCUT2D eigenvalue weighted by molar-refractivity contribution is -0.141. The molecule has 4 heterocycles. The number of fused-ring (bicyclic) bond motifs is 4. The average molecular weight is 1110 g/mol. The Morgan fingerprint density at radius 3 is 2.22 bits per heavy atom. The molecule has 4 aromatic carbocycles. The molecule has 6 N–H and O–H groups in total. The summed E-state index contributed by atoms with van der Waals surface area (Å²) in [4.78, 5) is 69.3. The smallest absolute Gasteiger partial charge is 0.407 e. The van der Waals surface area contributed by atoms with E-state index in [1.807, 2.05) is 68.4 Å². The van der Waals surface area contributed by atoms with E-state index in [-0.39, 0.29) is 79.6 Å². The Morgan fingerprint density at radius 2 is 1.51 bits per heavy atom. The molecule has 0 bridgehead atoms. The van der Waals surface area contributed by atoms with Gasteiger partial charge >= 0.3 is 12.2 Å². The summed E-state index contributed by atoms with van der Waals surface area (Å²) >= 11 is 0. The number of aliphatic hydroxyl groups is 1. The fourth-order valence-corrected chi connectivity index (χ4v) is 13.1. The zero-order valence-corrected chi connectivity index (χ0v) is 45.9. The summed E-state index contributed by atoms with van der Waals surface area (Å²) < 4.78 is 52.6. The van der Waals surface area contributed by atoms with E-state index in [1.165, 1.54) is 21.3 Å². The minimum atomic E-state index is -4.18. The van der Waals surface area contributed by atoms with Gasteiger partial charge in [0.1, 0.15) is 24.8 Å². The van der Waals surface area contributed by atoms with Crippen LogP contribution in [0.5, 0.6) is 0 Å². The molecule has 4 fully saturated rings. The van der Waals surface area contributed by atoms with Crippen molar-refractivity contribution in [2.75, 3.05) is 52.5 Å². The maximum Gasteiger partial charge on any atom is 0.407 e. The van der Waals surface area contributed by atoms with Gasteiger partial charge in [0.2, 0.25) is 27.7 Å². The van der Waals surface area contributed by atoms with Crippen LogP contribution in [0.15, 0.2) is 108 Å². The van der Waals surface area contributed by atoms with Gasteiger partial charge in [-0.05, 0) is 116 Å². The van der Waals surface area contributed by atoms with Gasteiger partial charge in [-0.3, -0.25) is 14.4 Å². The number of nitrogens with one attached hydrogen (secondary N) is 5. The monoisotopic (exact) mass is 1110 g/mol. The SMILES string of the molecule is CC(C)CN(C[C@@H](O)[C@H](Cc1ccccc1)NC(=O)O[C@H]1CO[C@H]2OCC[C@H]21)S(=O)(=O)c1ccc(CNC(=O)[C@@H]2CCCN2C(=O)[C@H](CCCCNC(=O)OCC2c3ccccc3-c3ccccc32)NC(=O)[C@@H]2CCCN2)cc1. The molecule has 5 aliphatic rings. The fraction of sp³-hybridized carbons (Fsp3) is 0.508. The zero-order valence-electron chi connectivity index (χ0n) is 45.1. The molecule has 4 aliphatic heterocycles. The molecular formula is C59H75N7O12S. The summed E-state index contributed by atoms with van der Waals surface area (Å²) in [6.45, 7) is 5.82. The van der Waals surface area contributed by atoms with Gasteiger partial charge in [0.05, 0.1) is 42.2 Å². The van der Waals surface area contributed by atoms with Crippen molar-refractivity contribution in [2.24, 2.45) is 11.8 Å². The van der Waals surface area contributed by atoms with Gasteiger partial charge in [0, 0.05) is 38.6 Å². The number of carbonyl (C=O) groups is 5. The number of rotatable bonds is 24. The number of benzene rings is 4. The number of aliphatic hydroxyl groups excluding tert-OH is 1. The molecule has 424 valence electrons. The summed E-state index contributed by atoms with van der Waals surface area (Å²) in [6.07, 6.45) is 1.19. The number of hydrogen-bond donors (Lipinski definition) is 6. The Kier molecular flexibility index (Phi) is 19.4. The lowest BCUT2D eigenvalue weighted by Crippen LogP contribution is -2.55. The van der Waals surface area contributed by atoms with Crippen LogP contribution in [0.3, 0.4) is 0 Å². The minimum Gasteiger partial charge on any atom is -0.449 e. The van der Waals surface area contributed by atoms with Crippen molar-refractivity contribution in [2.45, 2.75) is 132 Å². The standard InChI is InChI=1S/C59H75N7O12S/c1-38(2)34-65(35-52(67)50(32-39-14-4-3-5-15-39)64-59(72)78-53-37-76-57-46(53)27-31-75-57)79(73,74)41-25-23-40(24-26-41)33-62-55(69)51-22-13-30-66(51)56(70)49(63-54(68)48-21-12-29-60-48)20-10-11-28-61-58(71)77-36-47-44-18-8-6-16-42(44)43-17-7-9-19-45(43)47/h3-9,14-19,23-26,38,46-53,57,60,67H,10-13,20-22,27-37H2,1-2H3,(H,61,71)(H,62,69)(H,63,68)(H,64,72)/t46-,48-,49-,50-,51-,52+,53-,57+/m0/s1. The van der Waals surface area contributed by atoms with Crippen LogP contribution in [0.4, 0.5) is 9.59 Å². The van der Waals surface area contributed by atoms with Crippen molar-refractivity contribution in [3.63, 3.8) is 0 Å². The molecule has 4 saturated heterocycles. The first-order valence-corrected chi connectivity index (χ1v) is 29.4. The normalized spacial score (nSPS) is 21.7. The molecule has 4 aromatic rings. The van der Waals surface area contributed by atoms with E-state index in [2.05, 4.69) is 50.8 Å². The molecular weight excluding hydrogens is 1030 g/mol. The molecule has 19 nitrogen and oxygen atoms in total. The molecule has 20 heteroatoms. The number of alkyl carbamates (subject to hydrolysis) is 2. The van der Waals surface area contributed by atoms with Crippen LogP contribution in [0.25, 0.3) is 11.1 Å². The average Bonchev–Trinajstić information content (AvgIpc) is 4.34. The summed E-state index contributed by atoms with van der Waals surface area (Å²) in [5.74, 6) is -1.26. The highest BCUT2D eigenvalue weighted by Gasteiger charge is 2.45. The second kappa shape index (κ2) is 26.7. The molecule has 0 radical (unpaired) electrons. The number of likely N-dealkylation sites (tertiary alicyclic amines) is 1. The topological polar surface area (TPSA) is 243 Å². The number of sulfonamides is 1. The second-order valence-corrected chi connectivity index (χ2v) is 23.6. The third kappa shape index (κ3) is 14.3. The van der Waals surface area contributed by atoms with E-state index in [1.54, 1.807) is 12.1 Å². The molecule has 9 rings (SSSR count). The molecule has 5 amide bonds. The molecule has 79 heavy (non-hydrogen) atoms. The maximum absolute atomic E-state index is 14.4. The van der Waals surface area contributed by atoms with Crippen molar-refractivity contribution < 1.29 is 56.4 Å². The highest BCUT2D eigenvalue weighted by Crippen LogP contribution is 2.44. The molecule has 1 aliphatic carbocycles. The van der Waals surface area contributed by atoms with Gasteiger partial charge in [0.25, 0.3) is 0 Å². The molecule has 0 saturated carbocycles. The van der Waals surface area contributed by atoms with Crippen molar-refractivity contribution in [1.82, 2.24) is 35.8 Å². The van der Waals surface area contributed by atoms with Gasteiger partial charge in [-0.25, -0.2) is 18.0 Å². The van der Waals surface area contributed by atoms with Crippen LogP contribution in [0.2, 0.25) is 0 Å². The van der Waals surface area contributed by atoms with E-state index in [9.17, 15) is 37.5 Å². The Balaban J connectivity index is 0.774. The number of unbranched alkanes of at least 4 members (excludes halogenated alkanes) is 1. The zero-order chi connectivity index (χ0) is 55.5. The van der Waals surface area contributed by atoms with E-state index < -0.39 is 64.9 Å². The quantitative estimate of drug-likeness (QED) is 0.0486. The Labute approximate surface area is 462 Å². The predicted octanol–water partition coefficient (Wildman–Crippen LogP) is 5.35. The van der Waals surface area contributed by atoms with Crippen molar-refractivity contribution in [3.8, 4) is 11.1 Å². The Bertz CT molecular complexity index is 2810. The van der Waals surface area contributed by atoms with E-state index in [0.717, 1.165) is 34.2 Å². The van der Waals surface area contributed by atoms with Crippen molar-refractivity contribution >= 4 is 39.9 Å². The van der Waals surface area contributed by atoms with Crippen LogP contribution in [0.1, 0.15) is 93.4 Å². The van der Waals surface area contributed by atoms with Crippen LogP contribution in [-0.2, 0) is 56.3 Å². The highest BCUT2D eigenvalue weighted by atomic mass is 32.2. The largest absolute Gasteiger partial charge is 0.449 e. The molecule has 0 aromatic heterocycles. The second-order valence-electron chi connectivity index (χ2n) is 21.7. The Morgan fingerprint density at radius 1 is 0.785 bits per heavy atom. The summed E-state index contributed by atoms with van der Waals surface area (Å²) in [6, 6.07) is 28.7. The first-order valence-electron chi connectivity index (χ1n) is 28.0. The van der Waals surface area contributed by atoms with Crippen LogP contribution in [-0.4, -0.2) is 148 Å². The summed E-state index contributed by atoms with van der Waals surface area (Å²) in [5.41, 5.74) is 5.97. The van der Waals surface area contributed by atoms with Crippen LogP contribution >= 0.6 is 0 Å². The third-order valence-corrected chi connectivity index (χ3v) is 17.5. The fourth-order valence-electron chi connectivity index (χ4n) is 11.5. The van der Waals surface area contributed by atoms with Gasteiger partial charge in [0.15, 0.2) is 6.29 Å². The summed E-state index contributed by atoms with van der Waals surface area (Å²) in [5, 5.41) is 26.5. The lowest BCUT2D eigenvalue weighted by Gasteiger charge is -2.31. The van der Waals surface area contributed by atoms with Crippen LogP contribution in [0, 0.1) is 11.8 Å². The number of ether oxygens (including phenoxy) is 4. The molecule has 8 atom stereocenters. The first kappa shape index (κ1) is 57.3. The first-order chi connectivity index (χ1) is 38.2. The summed E-state index contributed by atoms with van der Waals surface area (Å²) in [7, 11) is -4.18. The van der Waals surface area contributed by atoms with Gasteiger partial charge in [-0.1, -0.05) is 105 Å². The number of carbonyl (C=O) groups excluding carboxylic acids is 5. The molecule has 0 spiro atoms. The van der Waals surface area contributed by atoms with E-state index in [0.29, 0.717) is 76.8 Å². The molecule has 0 unspecified atom stereocenters. The van der Waals surface area contributed by atoms with E-state index >= 15 is 0 Å². The van der Waals surface area contributed by atoms with Crippen molar-refractivity contribution in [1.29, 1.82) is 0 Å². The van der Waals surface area contributed by atoms with E-state index in [4.69, 9.17) is 18.9 Å². The van der Waals surface area contributed by atoms with Crippen molar-refractivity contribution in [3.05, 3.63) is 125 Å². The predicted molar refractivity (Wildman–Crippen MR) is 294 cm³/mol. The Hall–Kier alpha value is -6.42. The van der Waals surface area contributed by atoms with Gasteiger partial charge in [-0.15, -0.1) is 0 Å². The number of hydrogen-bond acceptors (Lipinski definition) is 13. The van der Waals surface area contributed by atoms with Gasteiger partial charge in [-0.2, -0.15) is 4.31 Å². The van der Waals surface area contributed by atoms with Crippen LogP contribution < -0.4 is 26.6 Å². The van der Waals surface area contributed by atoms with Gasteiger partial charge < -0.3 is 55.5 Å². The minimum absolute atomic E-state index is 0.0153. The third-order valence-electron chi connectivity index (χ3n) is 15.7. The lowest BCUT2D eigenvalue weighted by atomic mass is 9.98.